The molecule has 0 bridgehead atoms. The first-order valence-electron chi connectivity index (χ1n) is 7.52. The second kappa shape index (κ2) is 6.29. The lowest BCUT2D eigenvalue weighted by atomic mass is 10.2. The molecule has 3 aromatic rings. The number of aryl methyl sites for hydroxylation is 1. The molecule has 0 aliphatic carbocycles. The summed E-state index contributed by atoms with van der Waals surface area (Å²) >= 11 is 0. The molecular formula is C16H21N7. The molecular weight excluding hydrogens is 290 g/mol. The van der Waals surface area contributed by atoms with Crippen LogP contribution < -0.4 is 4.90 Å². The molecule has 0 N–H and O–H groups in total. The van der Waals surface area contributed by atoms with E-state index in [0.29, 0.717) is 5.82 Å². The summed E-state index contributed by atoms with van der Waals surface area (Å²) in [6.45, 7) is 1.83. The van der Waals surface area contributed by atoms with Crippen LogP contribution >= 0.6 is 0 Å². The normalized spacial score (nSPS) is 11.3. The fourth-order valence-corrected chi connectivity index (χ4v) is 2.38. The van der Waals surface area contributed by atoms with Gasteiger partial charge in [-0.25, -0.2) is 9.97 Å². The van der Waals surface area contributed by atoms with Gasteiger partial charge in [-0.15, -0.1) is 0 Å². The van der Waals surface area contributed by atoms with E-state index in [9.17, 15) is 0 Å². The molecule has 0 aromatic carbocycles. The highest BCUT2D eigenvalue weighted by Gasteiger charge is 2.15. The highest BCUT2D eigenvalue weighted by atomic mass is 15.3. The Morgan fingerprint density at radius 1 is 1.04 bits per heavy atom. The van der Waals surface area contributed by atoms with Gasteiger partial charge in [-0.1, -0.05) is 0 Å². The summed E-state index contributed by atoms with van der Waals surface area (Å²) < 4.78 is 1.78. The summed E-state index contributed by atoms with van der Waals surface area (Å²) in [6, 6.07) is 3.84. The molecule has 0 saturated carbocycles. The van der Waals surface area contributed by atoms with Gasteiger partial charge in [0.2, 0.25) is 0 Å². The molecule has 3 aromatic heterocycles. The van der Waals surface area contributed by atoms with Crippen molar-refractivity contribution >= 4 is 16.9 Å². The molecule has 7 heteroatoms. The number of aromatic nitrogens is 5. The Labute approximate surface area is 135 Å². The number of rotatable bonds is 5. The summed E-state index contributed by atoms with van der Waals surface area (Å²) in [5.74, 6) is 1.59. The minimum Gasteiger partial charge on any atom is -0.358 e. The summed E-state index contributed by atoms with van der Waals surface area (Å²) in [6.07, 6.45) is 5.33. The van der Waals surface area contributed by atoms with E-state index >= 15 is 0 Å². The van der Waals surface area contributed by atoms with E-state index < -0.39 is 0 Å². The third-order valence-electron chi connectivity index (χ3n) is 3.75. The maximum Gasteiger partial charge on any atom is 0.164 e. The highest BCUT2D eigenvalue weighted by Crippen LogP contribution is 2.26. The van der Waals surface area contributed by atoms with Gasteiger partial charge in [0.15, 0.2) is 11.5 Å². The van der Waals surface area contributed by atoms with Gasteiger partial charge in [0.25, 0.3) is 0 Å². The molecule has 120 valence electrons. The van der Waals surface area contributed by atoms with Gasteiger partial charge in [0.1, 0.15) is 5.82 Å². The second-order valence-corrected chi connectivity index (χ2v) is 5.84. The molecule has 0 aliphatic rings. The molecule has 7 nitrogen and oxygen atoms in total. The van der Waals surface area contributed by atoms with Crippen LogP contribution in [0.1, 0.15) is 0 Å². The van der Waals surface area contributed by atoms with Crippen molar-refractivity contribution in [2.24, 2.45) is 7.05 Å². The lowest BCUT2D eigenvalue weighted by Gasteiger charge is -2.21. The standard InChI is InChI=1S/C16H21N7/c1-21(2)9-10-22(3)15-13-11-18-23(4)16(13)20-14(19-15)12-5-7-17-8-6-12/h5-8,11H,9-10H2,1-4H3. The first kappa shape index (κ1) is 15.4. The third kappa shape index (κ3) is 3.14. The quantitative estimate of drug-likeness (QED) is 0.710. The van der Waals surface area contributed by atoms with Gasteiger partial charge in [0.05, 0.1) is 11.6 Å². The fourth-order valence-electron chi connectivity index (χ4n) is 2.38. The number of pyridine rings is 1. The Balaban J connectivity index is 2.08. The zero-order chi connectivity index (χ0) is 16.4. The van der Waals surface area contributed by atoms with Crippen LogP contribution in [-0.4, -0.2) is 63.9 Å². The van der Waals surface area contributed by atoms with Crippen LogP contribution in [0.15, 0.2) is 30.7 Å². The minimum absolute atomic E-state index is 0.690. The van der Waals surface area contributed by atoms with Crippen LogP contribution in [0.2, 0.25) is 0 Å². The smallest absolute Gasteiger partial charge is 0.164 e. The number of hydrogen-bond acceptors (Lipinski definition) is 6. The predicted octanol–water partition coefficient (Wildman–Crippen LogP) is 1.42. The van der Waals surface area contributed by atoms with Crippen molar-refractivity contribution in [3.8, 4) is 11.4 Å². The Morgan fingerprint density at radius 3 is 2.48 bits per heavy atom. The van der Waals surface area contributed by atoms with Crippen molar-refractivity contribution in [2.45, 2.75) is 0 Å². The molecule has 0 unspecified atom stereocenters. The molecule has 3 heterocycles. The monoisotopic (exact) mass is 311 g/mol. The van der Waals surface area contributed by atoms with E-state index in [-0.39, 0.29) is 0 Å². The minimum atomic E-state index is 0.690. The van der Waals surface area contributed by atoms with Crippen LogP contribution in [0.4, 0.5) is 5.82 Å². The maximum atomic E-state index is 4.78. The fraction of sp³-hybridized carbons (Fsp3) is 0.375. The zero-order valence-electron chi connectivity index (χ0n) is 13.9. The van der Waals surface area contributed by atoms with E-state index in [0.717, 1.165) is 35.5 Å². The van der Waals surface area contributed by atoms with E-state index in [2.05, 4.69) is 46.0 Å². The van der Waals surface area contributed by atoms with E-state index in [4.69, 9.17) is 4.98 Å². The molecule has 0 amide bonds. The summed E-state index contributed by atoms with van der Waals surface area (Å²) in [5, 5.41) is 5.30. The number of fused-ring (bicyclic) bond motifs is 1. The van der Waals surface area contributed by atoms with Gasteiger partial charge < -0.3 is 9.80 Å². The molecule has 3 rings (SSSR count). The summed E-state index contributed by atoms with van der Waals surface area (Å²) in [4.78, 5) is 17.8. The zero-order valence-corrected chi connectivity index (χ0v) is 13.9. The summed E-state index contributed by atoms with van der Waals surface area (Å²) in [5.41, 5.74) is 1.78. The van der Waals surface area contributed by atoms with Gasteiger partial charge in [-0.05, 0) is 26.2 Å². The lowest BCUT2D eigenvalue weighted by molar-refractivity contribution is 0.416. The van der Waals surface area contributed by atoms with Gasteiger partial charge in [-0.2, -0.15) is 5.10 Å². The summed E-state index contributed by atoms with van der Waals surface area (Å²) in [7, 11) is 8.08. The Kier molecular flexibility index (Phi) is 4.20. The molecule has 23 heavy (non-hydrogen) atoms. The van der Waals surface area contributed by atoms with Gasteiger partial charge in [-0.3, -0.25) is 9.67 Å². The number of hydrogen-bond donors (Lipinski definition) is 0. The van der Waals surface area contributed by atoms with Crippen molar-refractivity contribution in [2.75, 3.05) is 39.1 Å². The predicted molar refractivity (Wildman–Crippen MR) is 91.4 cm³/mol. The Bertz CT molecular complexity index is 795. The SMILES string of the molecule is CN(C)CCN(C)c1nc(-c2ccncc2)nc2c1cnn2C. The van der Waals surface area contributed by atoms with Gasteiger partial charge in [0, 0.05) is 45.1 Å². The van der Waals surface area contributed by atoms with Crippen LogP contribution in [0.3, 0.4) is 0 Å². The first-order chi connectivity index (χ1) is 11.1. The lowest BCUT2D eigenvalue weighted by Crippen LogP contribution is -2.29. The molecule has 0 aliphatic heterocycles. The van der Waals surface area contributed by atoms with E-state index in [1.54, 1.807) is 17.1 Å². The average Bonchev–Trinajstić information content (AvgIpc) is 2.94. The number of anilines is 1. The first-order valence-corrected chi connectivity index (χ1v) is 7.52. The Morgan fingerprint density at radius 2 is 1.78 bits per heavy atom. The number of likely N-dealkylation sites (N-methyl/N-ethyl adjacent to an activating group) is 2. The van der Waals surface area contributed by atoms with Crippen LogP contribution in [0.5, 0.6) is 0 Å². The number of nitrogens with zero attached hydrogens (tertiary/aromatic N) is 7. The average molecular weight is 311 g/mol. The van der Waals surface area contributed by atoms with Crippen molar-refractivity contribution in [3.05, 3.63) is 30.7 Å². The van der Waals surface area contributed by atoms with Crippen LogP contribution in [0, 0.1) is 0 Å². The van der Waals surface area contributed by atoms with Crippen LogP contribution in [0.25, 0.3) is 22.4 Å². The molecule has 0 fully saturated rings. The molecule has 0 spiro atoms. The molecule has 0 atom stereocenters. The Hall–Kier alpha value is -2.54. The van der Waals surface area contributed by atoms with Crippen molar-refractivity contribution in [3.63, 3.8) is 0 Å². The van der Waals surface area contributed by atoms with E-state index in [1.165, 1.54) is 0 Å². The topological polar surface area (TPSA) is 63.0 Å². The molecule has 0 saturated heterocycles. The highest BCUT2D eigenvalue weighted by molar-refractivity contribution is 5.88. The van der Waals surface area contributed by atoms with Crippen molar-refractivity contribution in [1.29, 1.82) is 0 Å². The second-order valence-electron chi connectivity index (χ2n) is 5.84. The third-order valence-corrected chi connectivity index (χ3v) is 3.75. The van der Waals surface area contributed by atoms with Crippen molar-refractivity contribution < 1.29 is 0 Å². The van der Waals surface area contributed by atoms with Crippen LogP contribution in [-0.2, 0) is 7.05 Å². The van der Waals surface area contributed by atoms with Gasteiger partial charge >= 0.3 is 0 Å². The van der Waals surface area contributed by atoms with E-state index in [1.807, 2.05) is 25.4 Å². The largest absolute Gasteiger partial charge is 0.358 e. The molecule has 0 radical (unpaired) electrons. The van der Waals surface area contributed by atoms with Crippen molar-refractivity contribution in [1.82, 2.24) is 29.6 Å². The maximum absolute atomic E-state index is 4.78.